The second-order valence-corrected chi connectivity index (χ2v) is 5.83. The Balaban J connectivity index is 2.54. The lowest BCUT2D eigenvalue weighted by molar-refractivity contribution is 0.355. The number of nitrogens with zero attached hydrogens (tertiary/aromatic N) is 1. The van der Waals surface area contributed by atoms with Gasteiger partial charge in [0, 0.05) is 12.6 Å². The molecule has 1 heterocycles. The highest BCUT2D eigenvalue weighted by atomic mass is 32.2. The molecule has 17 heavy (non-hydrogen) atoms. The van der Waals surface area contributed by atoms with E-state index in [-0.39, 0.29) is 0 Å². The van der Waals surface area contributed by atoms with Crippen molar-refractivity contribution >= 4 is 15.7 Å². The van der Waals surface area contributed by atoms with E-state index < -0.39 is 10.0 Å². The number of anilines is 1. The third kappa shape index (κ3) is 2.04. The molecule has 1 aliphatic heterocycles. The molecule has 5 nitrogen and oxygen atoms in total. The largest absolute Gasteiger partial charge is 0.493 e. The molecular weight excluding hydrogens is 242 g/mol. The number of methoxy groups -OCH3 is 2. The minimum absolute atomic E-state index is 0.477. The van der Waals surface area contributed by atoms with Gasteiger partial charge in [-0.3, -0.25) is 4.31 Å². The van der Waals surface area contributed by atoms with E-state index in [1.54, 1.807) is 13.2 Å². The number of fused-ring (bicyclic) bond motifs is 1. The summed E-state index contributed by atoms with van der Waals surface area (Å²) in [4.78, 5) is 0. The van der Waals surface area contributed by atoms with Gasteiger partial charge in [0.05, 0.1) is 26.2 Å². The molecule has 94 valence electrons. The molecular formula is C11H15NO4S. The summed E-state index contributed by atoms with van der Waals surface area (Å²) in [7, 11) is -0.129. The van der Waals surface area contributed by atoms with Crippen molar-refractivity contribution in [1.29, 1.82) is 0 Å². The van der Waals surface area contributed by atoms with E-state index in [0.717, 1.165) is 5.56 Å². The van der Waals surface area contributed by atoms with E-state index in [1.807, 2.05) is 6.07 Å². The third-order valence-electron chi connectivity index (χ3n) is 2.84. The molecule has 0 bridgehead atoms. The van der Waals surface area contributed by atoms with Gasteiger partial charge in [0.1, 0.15) is 0 Å². The molecule has 2 rings (SSSR count). The van der Waals surface area contributed by atoms with Crippen molar-refractivity contribution in [2.45, 2.75) is 6.42 Å². The molecule has 0 spiro atoms. The SMILES string of the molecule is COc1cc2c(cc1OC)N(S(C)(=O)=O)CC2. The highest BCUT2D eigenvalue weighted by Crippen LogP contribution is 2.39. The predicted octanol–water partition coefficient (Wildman–Crippen LogP) is 1.03. The van der Waals surface area contributed by atoms with Crippen molar-refractivity contribution in [3.63, 3.8) is 0 Å². The topological polar surface area (TPSA) is 55.8 Å². The van der Waals surface area contributed by atoms with Crippen molar-refractivity contribution in [3.05, 3.63) is 17.7 Å². The zero-order valence-electron chi connectivity index (χ0n) is 10.1. The Morgan fingerprint density at radius 2 is 1.76 bits per heavy atom. The van der Waals surface area contributed by atoms with Crippen molar-refractivity contribution in [2.75, 3.05) is 31.3 Å². The summed E-state index contributed by atoms with van der Waals surface area (Å²) in [6.45, 7) is 0.477. The van der Waals surface area contributed by atoms with E-state index in [2.05, 4.69) is 0 Å². The van der Waals surface area contributed by atoms with Crippen LogP contribution in [0.15, 0.2) is 12.1 Å². The summed E-state index contributed by atoms with van der Waals surface area (Å²) in [5.41, 5.74) is 1.65. The summed E-state index contributed by atoms with van der Waals surface area (Å²) in [5.74, 6) is 1.17. The second-order valence-electron chi connectivity index (χ2n) is 3.92. The molecule has 0 radical (unpaired) electrons. The molecule has 0 atom stereocenters. The Kier molecular flexibility index (Phi) is 2.91. The molecule has 1 aliphatic rings. The molecule has 1 aromatic rings. The van der Waals surface area contributed by atoms with E-state index in [0.29, 0.717) is 30.2 Å². The van der Waals surface area contributed by atoms with Crippen LogP contribution in [0.1, 0.15) is 5.56 Å². The first kappa shape index (κ1) is 12.0. The molecule has 0 N–H and O–H groups in total. The molecule has 0 saturated heterocycles. The van der Waals surface area contributed by atoms with Crippen LogP contribution < -0.4 is 13.8 Å². The average Bonchev–Trinajstić information content (AvgIpc) is 2.69. The van der Waals surface area contributed by atoms with Gasteiger partial charge in [-0.1, -0.05) is 0 Å². The molecule has 0 aliphatic carbocycles. The Bertz CT molecular complexity index is 539. The fourth-order valence-corrected chi connectivity index (χ4v) is 2.98. The zero-order valence-corrected chi connectivity index (χ0v) is 10.9. The molecule has 0 unspecified atom stereocenters. The molecule has 0 amide bonds. The highest BCUT2D eigenvalue weighted by molar-refractivity contribution is 7.92. The number of benzene rings is 1. The highest BCUT2D eigenvalue weighted by Gasteiger charge is 2.27. The zero-order chi connectivity index (χ0) is 12.6. The Labute approximate surface area is 101 Å². The lowest BCUT2D eigenvalue weighted by Gasteiger charge is -2.17. The van der Waals surface area contributed by atoms with E-state index in [1.165, 1.54) is 17.7 Å². The monoisotopic (exact) mass is 257 g/mol. The standard InChI is InChI=1S/C11H15NO4S/c1-15-10-6-8-4-5-12(17(3,13)14)9(8)7-11(10)16-2/h6-7H,4-5H2,1-3H3. The van der Waals surface area contributed by atoms with Gasteiger partial charge in [-0.25, -0.2) is 8.42 Å². The molecule has 6 heteroatoms. The summed E-state index contributed by atoms with van der Waals surface area (Å²) in [6, 6.07) is 3.54. The predicted molar refractivity (Wildman–Crippen MR) is 65.4 cm³/mol. The molecule has 1 aromatic carbocycles. The van der Waals surface area contributed by atoms with Crippen molar-refractivity contribution < 1.29 is 17.9 Å². The molecule has 0 aromatic heterocycles. The summed E-state index contributed by atoms with van der Waals surface area (Å²) < 4.78 is 35.0. The maximum Gasteiger partial charge on any atom is 0.232 e. The van der Waals surface area contributed by atoms with Crippen LogP contribution in [-0.4, -0.2) is 35.4 Å². The summed E-state index contributed by atoms with van der Waals surface area (Å²) >= 11 is 0. The van der Waals surface area contributed by atoms with Crippen LogP contribution in [0.2, 0.25) is 0 Å². The summed E-state index contributed by atoms with van der Waals surface area (Å²) in [5, 5.41) is 0. The number of rotatable bonds is 3. The maximum atomic E-state index is 11.6. The quantitative estimate of drug-likeness (QED) is 0.811. The summed E-state index contributed by atoms with van der Waals surface area (Å²) in [6.07, 6.45) is 1.90. The smallest absolute Gasteiger partial charge is 0.232 e. The normalized spacial score (nSPS) is 14.6. The van der Waals surface area contributed by atoms with Gasteiger partial charge in [-0.15, -0.1) is 0 Å². The van der Waals surface area contributed by atoms with Crippen LogP contribution in [0.5, 0.6) is 11.5 Å². The molecule has 0 fully saturated rings. The van der Waals surface area contributed by atoms with Gasteiger partial charge in [0.15, 0.2) is 11.5 Å². The first-order valence-corrected chi connectivity index (χ1v) is 7.05. The first-order valence-electron chi connectivity index (χ1n) is 5.20. The van der Waals surface area contributed by atoms with Crippen LogP contribution in [0, 0.1) is 0 Å². The molecule has 0 saturated carbocycles. The lowest BCUT2D eigenvalue weighted by Crippen LogP contribution is -2.27. The minimum Gasteiger partial charge on any atom is -0.493 e. The Hall–Kier alpha value is -1.43. The van der Waals surface area contributed by atoms with Crippen LogP contribution in [0.25, 0.3) is 0 Å². The van der Waals surface area contributed by atoms with Gasteiger partial charge < -0.3 is 9.47 Å². The van der Waals surface area contributed by atoms with E-state index >= 15 is 0 Å². The third-order valence-corrected chi connectivity index (χ3v) is 4.02. The fraction of sp³-hybridized carbons (Fsp3) is 0.455. The van der Waals surface area contributed by atoms with Crippen LogP contribution in [-0.2, 0) is 16.4 Å². The average molecular weight is 257 g/mol. The van der Waals surface area contributed by atoms with E-state index in [4.69, 9.17) is 9.47 Å². The Morgan fingerprint density at radius 3 is 2.29 bits per heavy atom. The van der Waals surface area contributed by atoms with E-state index in [9.17, 15) is 8.42 Å². The van der Waals surface area contributed by atoms with Gasteiger partial charge in [-0.05, 0) is 18.1 Å². The van der Waals surface area contributed by atoms with Crippen molar-refractivity contribution in [2.24, 2.45) is 0 Å². The first-order chi connectivity index (χ1) is 7.97. The second kappa shape index (κ2) is 4.10. The number of ether oxygens (including phenoxy) is 2. The number of sulfonamides is 1. The van der Waals surface area contributed by atoms with Gasteiger partial charge >= 0.3 is 0 Å². The van der Waals surface area contributed by atoms with Gasteiger partial charge in [-0.2, -0.15) is 0 Å². The van der Waals surface area contributed by atoms with Crippen molar-refractivity contribution in [1.82, 2.24) is 0 Å². The fourth-order valence-electron chi connectivity index (χ4n) is 2.03. The Morgan fingerprint density at radius 1 is 1.18 bits per heavy atom. The van der Waals surface area contributed by atoms with Gasteiger partial charge in [0.25, 0.3) is 0 Å². The van der Waals surface area contributed by atoms with Crippen LogP contribution in [0.4, 0.5) is 5.69 Å². The van der Waals surface area contributed by atoms with Gasteiger partial charge in [0.2, 0.25) is 10.0 Å². The van der Waals surface area contributed by atoms with Crippen molar-refractivity contribution in [3.8, 4) is 11.5 Å². The lowest BCUT2D eigenvalue weighted by atomic mass is 10.1. The van der Waals surface area contributed by atoms with Crippen LogP contribution >= 0.6 is 0 Å². The number of hydrogen-bond acceptors (Lipinski definition) is 4. The maximum absolute atomic E-state index is 11.6. The number of hydrogen-bond donors (Lipinski definition) is 0. The van der Waals surface area contributed by atoms with Crippen LogP contribution in [0.3, 0.4) is 0 Å². The minimum atomic E-state index is -3.22.